The van der Waals surface area contributed by atoms with Crippen molar-refractivity contribution in [2.24, 2.45) is 5.73 Å². The van der Waals surface area contributed by atoms with Crippen molar-refractivity contribution in [3.63, 3.8) is 0 Å². The van der Waals surface area contributed by atoms with Crippen molar-refractivity contribution >= 4 is 13.8 Å². The zero-order valence-corrected chi connectivity index (χ0v) is 33.1. The molecule has 2 unspecified atom stereocenters. The molecule has 0 rings (SSSR count). The van der Waals surface area contributed by atoms with E-state index in [-0.39, 0.29) is 32.8 Å². The van der Waals surface area contributed by atoms with Gasteiger partial charge in [0.1, 0.15) is 6.61 Å². The molecule has 0 saturated carbocycles. The lowest BCUT2D eigenvalue weighted by molar-refractivity contribution is -0.147. The van der Waals surface area contributed by atoms with Gasteiger partial charge in [0.05, 0.1) is 25.6 Å². The third-order valence-corrected chi connectivity index (χ3v) is 9.09. The summed E-state index contributed by atoms with van der Waals surface area (Å²) in [5.41, 5.74) is 5.34. The van der Waals surface area contributed by atoms with E-state index in [1.807, 2.05) is 30.4 Å². The highest BCUT2D eigenvalue weighted by molar-refractivity contribution is 7.47. The van der Waals surface area contributed by atoms with Crippen molar-refractivity contribution in [3.8, 4) is 0 Å². The topological polar surface area (TPSA) is 138 Å². The number of hydrogen-bond donors (Lipinski definition) is 3. The first-order chi connectivity index (χ1) is 24.8. The zero-order chi connectivity index (χ0) is 37.5. The predicted octanol–water partition coefficient (Wildman–Crippen LogP) is 10.7. The van der Waals surface area contributed by atoms with Gasteiger partial charge in [0, 0.05) is 13.0 Å². The standard InChI is InChI=1S/C41H74NO8P/c1-3-5-7-9-11-13-14-15-16-17-19-21-26-30-35-47-40(38-50-51(45,46)49-36-34-42)37-48-41(44)33-29-25-22-24-28-32-39(43)31-27-23-20-18-12-10-8-6-4-2/h12,18,22-24,27-28,30,32,35,39-40,43H,3-11,13-17,19-21,25-26,29,31,33-34,36-38,42H2,1-2H3,(H,45,46)/b18-12-,24-22+,27-23-,32-28-,35-30+/t39?,40-/m1/s1. The summed E-state index contributed by atoms with van der Waals surface area (Å²) in [4.78, 5) is 22.2. The van der Waals surface area contributed by atoms with Gasteiger partial charge >= 0.3 is 13.8 Å². The Morgan fingerprint density at radius 3 is 1.98 bits per heavy atom. The minimum atomic E-state index is -4.30. The summed E-state index contributed by atoms with van der Waals surface area (Å²) in [6.45, 7) is 4.00. The molecule has 0 amide bonds. The second-order valence-corrected chi connectivity index (χ2v) is 14.5. The average molecular weight is 740 g/mol. The van der Waals surface area contributed by atoms with Crippen LogP contribution in [-0.4, -0.2) is 54.5 Å². The van der Waals surface area contributed by atoms with E-state index >= 15 is 0 Å². The van der Waals surface area contributed by atoms with Crippen molar-refractivity contribution in [2.45, 2.75) is 167 Å². The van der Waals surface area contributed by atoms with Crippen LogP contribution in [0.25, 0.3) is 0 Å². The van der Waals surface area contributed by atoms with Gasteiger partial charge in [-0.05, 0) is 57.4 Å². The number of aliphatic hydroxyl groups excluding tert-OH is 1. The highest BCUT2D eigenvalue weighted by atomic mass is 31.2. The van der Waals surface area contributed by atoms with E-state index in [0.717, 1.165) is 25.7 Å². The van der Waals surface area contributed by atoms with Gasteiger partial charge in [-0.2, -0.15) is 0 Å². The number of allylic oxidation sites excluding steroid dienone is 7. The van der Waals surface area contributed by atoms with E-state index in [9.17, 15) is 19.4 Å². The molecule has 10 heteroatoms. The normalized spacial score (nSPS) is 14.8. The number of ether oxygens (including phenoxy) is 2. The molecule has 0 spiro atoms. The average Bonchev–Trinajstić information content (AvgIpc) is 3.12. The van der Waals surface area contributed by atoms with Gasteiger partial charge in [-0.15, -0.1) is 0 Å². The quantitative estimate of drug-likeness (QED) is 0.0142. The molecule has 0 fully saturated rings. The van der Waals surface area contributed by atoms with E-state index in [0.29, 0.717) is 19.3 Å². The van der Waals surface area contributed by atoms with Crippen LogP contribution in [0.1, 0.15) is 155 Å². The second kappa shape index (κ2) is 37.7. The van der Waals surface area contributed by atoms with Gasteiger partial charge in [0.15, 0.2) is 6.10 Å². The molecular formula is C41H74NO8P. The molecule has 0 aromatic heterocycles. The summed E-state index contributed by atoms with van der Waals surface area (Å²) >= 11 is 0. The van der Waals surface area contributed by atoms with Gasteiger partial charge in [-0.25, -0.2) is 4.57 Å². The van der Waals surface area contributed by atoms with Crippen LogP contribution in [0.5, 0.6) is 0 Å². The third-order valence-electron chi connectivity index (χ3n) is 8.11. The van der Waals surface area contributed by atoms with Crippen LogP contribution in [0.2, 0.25) is 0 Å². The number of phosphoric acid groups is 1. The lowest BCUT2D eigenvalue weighted by Gasteiger charge is -2.19. The number of phosphoric ester groups is 1. The Kier molecular flexibility index (Phi) is 36.3. The summed E-state index contributed by atoms with van der Waals surface area (Å²) in [6.07, 6.45) is 42.2. The maximum absolute atomic E-state index is 12.3. The van der Waals surface area contributed by atoms with Crippen molar-refractivity contribution in [1.82, 2.24) is 0 Å². The van der Waals surface area contributed by atoms with E-state index in [1.54, 1.807) is 12.3 Å². The molecule has 9 nitrogen and oxygen atoms in total. The lowest BCUT2D eigenvalue weighted by Crippen LogP contribution is -2.25. The van der Waals surface area contributed by atoms with Crippen molar-refractivity contribution in [1.29, 1.82) is 0 Å². The van der Waals surface area contributed by atoms with Gasteiger partial charge in [-0.1, -0.05) is 146 Å². The second-order valence-electron chi connectivity index (χ2n) is 13.1. The number of nitrogens with two attached hydrogens (primary N) is 1. The molecule has 3 atom stereocenters. The van der Waals surface area contributed by atoms with Crippen LogP contribution >= 0.6 is 7.82 Å². The van der Waals surface area contributed by atoms with Crippen LogP contribution in [0.3, 0.4) is 0 Å². The number of hydrogen-bond acceptors (Lipinski definition) is 8. The highest BCUT2D eigenvalue weighted by Gasteiger charge is 2.24. The molecule has 0 aromatic carbocycles. The van der Waals surface area contributed by atoms with Crippen LogP contribution in [0.15, 0.2) is 60.9 Å². The molecule has 0 aliphatic carbocycles. The SMILES string of the molecule is CCCCC/C=C\C/C=C\CC(O)/C=C\C=C\CCCC(=O)OC[C@H](COP(=O)(O)OCCN)O/C=C/CCCCCCCCCCCCCC. The fourth-order valence-corrected chi connectivity index (χ4v) is 5.82. The minimum Gasteiger partial charge on any atom is -0.492 e. The molecule has 51 heavy (non-hydrogen) atoms. The molecule has 0 radical (unpaired) electrons. The molecule has 0 aliphatic heterocycles. The fourth-order valence-electron chi connectivity index (χ4n) is 5.05. The van der Waals surface area contributed by atoms with Crippen LogP contribution in [-0.2, 0) is 27.9 Å². The Morgan fingerprint density at radius 2 is 1.29 bits per heavy atom. The molecule has 0 heterocycles. The van der Waals surface area contributed by atoms with Crippen molar-refractivity contribution in [3.05, 3.63) is 60.9 Å². The smallest absolute Gasteiger partial charge is 0.472 e. The molecule has 296 valence electrons. The Bertz CT molecular complexity index is 981. The van der Waals surface area contributed by atoms with Crippen LogP contribution in [0, 0.1) is 0 Å². The summed E-state index contributed by atoms with van der Waals surface area (Å²) in [6, 6.07) is 0. The lowest BCUT2D eigenvalue weighted by atomic mass is 10.0. The number of esters is 1. The summed E-state index contributed by atoms with van der Waals surface area (Å²) in [5.74, 6) is -0.391. The molecule has 4 N–H and O–H groups in total. The minimum absolute atomic E-state index is 0.0793. The fraction of sp³-hybridized carbons (Fsp3) is 0.732. The van der Waals surface area contributed by atoms with E-state index < -0.39 is 26.0 Å². The molecule has 0 aromatic rings. The molecule has 0 bridgehead atoms. The monoisotopic (exact) mass is 740 g/mol. The number of aliphatic hydroxyl groups is 1. The molecular weight excluding hydrogens is 665 g/mol. The number of carbonyl (C=O) groups excluding carboxylic acids is 1. The maximum Gasteiger partial charge on any atom is 0.472 e. The summed E-state index contributed by atoms with van der Waals surface area (Å²) < 4.78 is 33.0. The van der Waals surface area contributed by atoms with E-state index in [1.165, 1.54) is 89.9 Å². The Balaban J connectivity index is 4.32. The van der Waals surface area contributed by atoms with E-state index in [2.05, 4.69) is 32.1 Å². The maximum atomic E-state index is 12.3. The van der Waals surface area contributed by atoms with Gasteiger partial charge in [0.2, 0.25) is 0 Å². The first-order valence-electron chi connectivity index (χ1n) is 19.9. The number of carbonyl (C=O) groups is 1. The van der Waals surface area contributed by atoms with Crippen molar-refractivity contribution < 1.29 is 37.9 Å². The van der Waals surface area contributed by atoms with Gasteiger partial charge < -0.3 is 25.2 Å². The Hall–Kier alpha value is -2.00. The first kappa shape index (κ1) is 49.0. The summed E-state index contributed by atoms with van der Waals surface area (Å²) in [5, 5.41) is 10.1. The van der Waals surface area contributed by atoms with Gasteiger partial charge in [0.25, 0.3) is 0 Å². The Morgan fingerprint density at radius 1 is 0.706 bits per heavy atom. The zero-order valence-electron chi connectivity index (χ0n) is 32.2. The first-order valence-corrected chi connectivity index (χ1v) is 21.4. The van der Waals surface area contributed by atoms with Crippen molar-refractivity contribution in [2.75, 3.05) is 26.4 Å². The third kappa shape index (κ3) is 37.6. The number of rotatable bonds is 37. The Labute approximate surface area is 311 Å². The predicted molar refractivity (Wildman–Crippen MR) is 211 cm³/mol. The molecule has 0 aliphatic rings. The molecule has 0 saturated heterocycles. The van der Waals surface area contributed by atoms with E-state index in [4.69, 9.17) is 24.3 Å². The number of unbranched alkanes of at least 4 members (excludes halogenated alkanes) is 16. The van der Waals surface area contributed by atoms with Crippen LogP contribution < -0.4 is 5.73 Å². The van der Waals surface area contributed by atoms with Crippen LogP contribution in [0.4, 0.5) is 0 Å². The largest absolute Gasteiger partial charge is 0.492 e. The summed E-state index contributed by atoms with van der Waals surface area (Å²) in [7, 11) is -4.30. The highest BCUT2D eigenvalue weighted by Crippen LogP contribution is 2.43. The van der Waals surface area contributed by atoms with Gasteiger partial charge in [-0.3, -0.25) is 13.8 Å².